The number of benzene rings is 4. The number of aromatic nitrogens is 1. The van der Waals surface area contributed by atoms with Gasteiger partial charge in [0.2, 0.25) is 0 Å². The van der Waals surface area contributed by atoms with E-state index < -0.39 is 11.9 Å². The summed E-state index contributed by atoms with van der Waals surface area (Å²) >= 11 is 0. The van der Waals surface area contributed by atoms with E-state index in [9.17, 15) is 14.7 Å². The highest BCUT2D eigenvalue weighted by Crippen LogP contribution is 2.39. The van der Waals surface area contributed by atoms with Gasteiger partial charge >= 0.3 is 5.97 Å². The monoisotopic (exact) mass is 591 g/mol. The number of halogens is 1. The molecular weight excluding hydrogens is 557 g/mol. The summed E-state index contributed by atoms with van der Waals surface area (Å²) in [7, 11) is 3.27. The molecule has 2 N–H and O–H groups in total. The second kappa shape index (κ2) is 11.6. The van der Waals surface area contributed by atoms with Crippen LogP contribution >= 0.6 is 0 Å². The van der Waals surface area contributed by atoms with Crippen molar-refractivity contribution >= 4 is 28.1 Å². The standard InChI is InChI=1S/C36H34FN3O4/c1-21-26(24-16-30(37)29(33(17-24)44-4)20-40-18-25(19-40)36(42)43)9-6-10-27(21)28-11-7-12-31(22(28)2)38-32-13-5-8-23-14-15-39(3)35(41)34(23)32/h5-17,25,38H,18-20H2,1-4H3,(H,42,43). The van der Waals surface area contributed by atoms with Gasteiger partial charge in [-0.15, -0.1) is 0 Å². The van der Waals surface area contributed by atoms with Crippen LogP contribution in [0.2, 0.25) is 0 Å². The summed E-state index contributed by atoms with van der Waals surface area (Å²) in [5.74, 6) is -1.18. The molecule has 0 atom stereocenters. The molecule has 6 rings (SSSR count). The Morgan fingerprint density at radius 3 is 2.34 bits per heavy atom. The third kappa shape index (κ3) is 5.22. The molecule has 8 heteroatoms. The Labute approximate surface area is 255 Å². The predicted molar refractivity (Wildman–Crippen MR) is 172 cm³/mol. The molecule has 7 nitrogen and oxygen atoms in total. The number of rotatable bonds is 8. The minimum absolute atomic E-state index is 0.0639. The van der Waals surface area contributed by atoms with Crippen molar-refractivity contribution in [2.24, 2.45) is 13.0 Å². The number of aryl methyl sites for hydroxylation is 1. The Balaban J connectivity index is 1.34. The maximum absolute atomic E-state index is 15.5. The van der Waals surface area contributed by atoms with E-state index in [2.05, 4.69) is 24.4 Å². The number of carboxylic acids is 1. The predicted octanol–water partition coefficient (Wildman–Crippen LogP) is 6.90. The zero-order valence-corrected chi connectivity index (χ0v) is 25.1. The highest BCUT2D eigenvalue weighted by molar-refractivity contribution is 5.95. The number of methoxy groups -OCH3 is 1. The molecule has 0 unspecified atom stereocenters. The number of aliphatic carboxylic acids is 1. The molecule has 1 fully saturated rings. The maximum Gasteiger partial charge on any atom is 0.309 e. The number of carboxylic acid groups (broad SMARTS) is 1. The first kappa shape index (κ1) is 29.1. The van der Waals surface area contributed by atoms with Crippen LogP contribution in [0.1, 0.15) is 16.7 Å². The van der Waals surface area contributed by atoms with Crippen molar-refractivity contribution in [1.82, 2.24) is 9.47 Å². The molecule has 1 aliphatic heterocycles. The van der Waals surface area contributed by atoms with Crippen molar-refractivity contribution in [3.05, 3.63) is 112 Å². The molecule has 0 saturated carbocycles. The SMILES string of the molecule is COc1cc(-c2cccc(-c3cccc(Nc4cccc5ccn(C)c(=O)c45)c3C)c2C)cc(F)c1CN1CC(C(=O)O)C1. The van der Waals surface area contributed by atoms with E-state index in [1.54, 1.807) is 17.8 Å². The number of carbonyl (C=O) groups is 1. The van der Waals surface area contributed by atoms with Crippen LogP contribution in [0.4, 0.5) is 15.8 Å². The average Bonchev–Trinajstić information content (AvgIpc) is 2.98. The van der Waals surface area contributed by atoms with Crippen molar-refractivity contribution < 1.29 is 19.0 Å². The van der Waals surface area contributed by atoms with Gasteiger partial charge in [0.05, 0.1) is 24.1 Å². The molecule has 0 spiro atoms. The van der Waals surface area contributed by atoms with Crippen LogP contribution < -0.4 is 15.6 Å². The quantitative estimate of drug-likeness (QED) is 0.204. The molecule has 224 valence electrons. The number of nitrogens with one attached hydrogen (secondary N) is 1. The highest BCUT2D eigenvalue weighted by atomic mass is 19.1. The van der Waals surface area contributed by atoms with Gasteiger partial charge in [-0.1, -0.05) is 42.5 Å². The van der Waals surface area contributed by atoms with Crippen LogP contribution in [0.15, 0.2) is 83.8 Å². The molecule has 4 aromatic carbocycles. The van der Waals surface area contributed by atoms with Crippen molar-refractivity contribution in [3.63, 3.8) is 0 Å². The van der Waals surface area contributed by atoms with Crippen LogP contribution in [-0.2, 0) is 18.4 Å². The largest absolute Gasteiger partial charge is 0.496 e. The summed E-state index contributed by atoms with van der Waals surface area (Å²) < 4.78 is 22.7. The summed E-state index contributed by atoms with van der Waals surface area (Å²) in [5.41, 5.74) is 7.63. The smallest absolute Gasteiger partial charge is 0.309 e. The van der Waals surface area contributed by atoms with E-state index in [4.69, 9.17) is 4.74 Å². The zero-order valence-electron chi connectivity index (χ0n) is 25.1. The van der Waals surface area contributed by atoms with Crippen LogP contribution in [0.25, 0.3) is 33.0 Å². The fourth-order valence-corrected chi connectivity index (χ4v) is 6.12. The van der Waals surface area contributed by atoms with Crippen LogP contribution in [-0.4, -0.2) is 40.7 Å². The number of hydrogen-bond acceptors (Lipinski definition) is 5. The van der Waals surface area contributed by atoms with Gasteiger partial charge in [-0.05, 0) is 82.9 Å². The fraction of sp³-hybridized carbons (Fsp3) is 0.222. The van der Waals surface area contributed by atoms with Crippen LogP contribution in [0, 0.1) is 25.6 Å². The van der Waals surface area contributed by atoms with Gasteiger partial charge in [-0.25, -0.2) is 4.39 Å². The molecule has 0 bridgehead atoms. The molecule has 44 heavy (non-hydrogen) atoms. The summed E-state index contributed by atoms with van der Waals surface area (Å²) in [5, 5.41) is 14.2. The van der Waals surface area contributed by atoms with Crippen molar-refractivity contribution in [2.75, 3.05) is 25.5 Å². The Morgan fingerprint density at radius 2 is 1.61 bits per heavy atom. The minimum atomic E-state index is -0.824. The van der Waals surface area contributed by atoms with E-state index in [0.29, 0.717) is 41.9 Å². The van der Waals surface area contributed by atoms with Crippen molar-refractivity contribution in [3.8, 4) is 28.0 Å². The van der Waals surface area contributed by atoms with E-state index >= 15 is 4.39 Å². The Kier molecular flexibility index (Phi) is 7.69. The van der Waals surface area contributed by atoms with Gasteiger partial charge in [-0.2, -0.15) is 0 Å². The Bertz CT molecular complexity index is 1980. The molecule has 0 radical (unpaired) electrons. The van der Waals surface area contributed by atoms with Crippen molar-refractivity contribution in [1.29, 1.82) is 0 Å². The number of pyridine rings is 1. The first-order chi connectivity index (χ1) is 21.2. The van der Waals surface area contributed by atoms with Crippen LogP contribution in [0.3, 0.4) is 0 Å². The molecular formula is C36H34FN3O4. The number of likely N-dealkylation sites (tertiary alicyclic amines) is 1. The Hall–Kier alpha value is -4.95. The van der Waals surface area contributed by atoms with E-state index in [0.717, 1.165) is 44.6 Å². The second-order valence-corrected chi connectivity index (χ2v) is 11.5. The average molecular weight is 592 g/mol. The lowest BCUT2D eigenvalue weighted by Gasteiger charge is -2.36. The fourth-order valence-electron chi connectivity index (χ4n) is 6.12. The van der Waals surface area contributed by atoms with Crippen molar-refractivity contribution in [2.45, 2.75) is 20.4 Å². The lowest BCUT2D eigenvalue weighted by atomic mass is 9.89. The van der Waals surface area contributed by atoms with Gasteiger partial charge in [0.1, 0.15) is 11.6 Å². The topological polar surface area (TPSA) is 83.8 Å². The minimum Gasteiger partial charge on any atom is -0.496 e. The van der Waals surface area contributed by atoms with Gasteiger partial charge < -0.3 is 19.7 Å². The first-order valence-electron chi connectivity index (χ1n) is 14.5. The normalized spacial score (nSPS) is 13.6. The molecule has 1 aliphatic rings. The van der Waals surface area contributed by atoms with Gasteiger partial charge in [0, 0.05) is 44.1 Å². The number of fused-ring (bicyclic) bond motifs is 1. The molecule has 2 heterocycles. The summed E-state index contributed by atoms with van der Waals surface area (Å²) in [4.78, 5) is 26.1. The first-order valence-corrected chi connectivity index (χ1v) is 14.5. The molecule has 1 aromatic heterocycles. The lowest BCUT2D eigenvalue weighted by Crippen LogP contribution is -2.49. The zero-order chi connectivity index (χ0) is 31.1. The number of hydrogen-bond donors (Lipinski definition) is 2. The second-order valence-electron chi connectivity index (χ2n) is 11.5. The van der Waals surface area contributed by atoms with Crippen LogP contribution in [0.5, 0.6) is 5.75 Å². The summed E-state index contributed by atoms with van der Waals surface area (Å²) in [6.45, 7) is 5.16. The lowest BCUT2D eigenvalue weighted by molar-refractivity contribution is -0.147. The molecule has 5 aromatic rings. The Morgan fingerprint density at radius 1 is 0.955 bits per heavy atom. The molecule has 1 saturated heterocycles. The number of nitrogens with zero attached hydrogens (tertiary/aromatic N) is 2. The third-order valence-corrected chi connectivity index (χ3v) is 8.71. The maximum atomic E-state index is 15.5. The van der Waals surface area contributed by atoms with E-state index in [-0.39, 0.29) is 11.4 Å². The third-order valence-electron chi connectivity index (χ3n) is 8.71. The summed E-state index contributed by atoms with van der Waals surface area (Å²) in [6.07, 6.45) is 1.77. The molecule has 0 amide bonds. The highest BCUT2D eigenvalue weighted by Gasteiger charge is 2.33. The van der Waals surface area contributed by atoms with Gasteiger partial charge in [0.25, 0.3) is 5.56 Å². The summed E-state index contributed by atoms with van der Waals surface area (Å²) in [6, 6.07) is 23.2. The van der Waals surface area contributed by atoms with Gasteiger partial charge in [-0.3, -0.25) is 14.5 Å². The van der Waals surface area contributed by atoms with E-state index in [1.165, 1.54) is 13.2 Å². The number of anilines is 2. The molecule has 0 aliphatic carbocycles. The van der Waals surface area contributed by atoms with Gasteiger partial charge in [0.15, 0.2) is 0 Å². The van der Waals surface area contributed by atoms with E-state index in [1.807, 2.05) is 66.4 Å². The number of ether oxygens (including phenoxy) is 1.